The number of hydroxylamine groups is 1. The number of alkyl halides is 3. The van der Waals surface area contributed by atoms with Crippen LogP contribution in [0.3, 0.4) is 0 Å². The number of ether oxygens (including phenoxy) is 1. The van der Waals surface area contributed by atoms with Crippen molar-refractivity contribution in [2.24, 2.45) is 5.92 Å². The first-order chi connectivity index (χ1) is 17.5. The number of hydrogen-bond acceptors (Lipinski definition) is 8. The molecule has 0 bridgehead atoms. The molecule has 3 aromatic rings. The van der Waals surface area contributed by atoms with Crippen molar-refractivity contribution in [3.63, 3.8) is 0 Å². The number of nitrogens with zero attached hydrogens (tertiary/aromatic N) is 2. The minimum atomic E-state index is -4.35. The van der Waals surface area contributed by atoms with E-state index in [1.54, 1.807) is 43.4 Å². The molecule has 0 aliphatic carbocycles. The van der Waals surface area contributed by atoms with Crippen molar-refractivity contribution in [1.29, 1.82) is 0 Å². The molecule has 0 unspecified atom stereocenters. The van der Waals surface area contributed by atoms with Gasteiger partial charge in [-0.25, -0.2) is 5.48 Å². The number of nitrogens with two attached hydrogens (primary N) is 1. The monoisotopic (exact) mass is 535 g/mol. The number of pyridine rings is 1. The third-order valence-corrected chi connectivity index (χ3v) is 5.50. The summed E-state index contributed by atoms with van der Waals surface area (Å²) in [7, 11) is 1.79. The van der Waals surface area contributed by atoms with E-state index in [4.69, 9.17) is 15.3 Å². The van der Waals surface area contributed by atoms with Gasteiger partial charge in [0.2, 0.25) is 0 Å². The summed E-state index contributed by atoms with van der Waals surface area (Å²) in [6.45, 7) is 4.60. The predicted octanol–water partition coefficient (Wildman–Crippen LogP) is 5.89. The second-order valence-corrected chi connectivity index (χ2v) is 9.58. The quantitative estimate of drug-likeness (QED) is 0.121. The number of aromatic nitrogens is 1. The Morgan fingerprint density at radius 3 is 2.59 bits per heavy atom. The first-order valence-electron chi connectivity index (χ1n) is 11.3. The first-order valence-corrected chi connectivity index (χ1v) is 12.1. The van der Waals surface area contributed by atoms with Crippen LogP contribution in [0, 0.1) is 5.92 Å². The van der Waals surface area contributed by atoms with E-state index in [9.17, 15) is 18.0 Å². The fourth-order valence-corrected chi connectivity index (χ4v) is 3.70. The largest absolute Gasteiger partial charge is 0.457 e. The van der Waals surface area contributed by atoms with Gasteiger partial charge in [0.1, 0.15) is 17.2 Å². The lowest BCUT2D eigenvalue weighted by Crippen LogP contribution is -2.26. The average Bonchev–Trinajstić information content (AvgIpc) is 2.82. The molecule has 0 saturated carbocycles. The lowest BCUT2D eigenvalue weighted by atomic mass is 10.2. The van der Waals surface area contributed by atoms with Crippen molar-refractivity contribution in [2.75, 3.05) is 36.3 Å². The van der Waals surface area contributed by atoms with E-state index < -0.39 is 11.4 Å². The topological polar surface area (TPSA) is 102 Å². The van der Waals surface area contributed by atoms with Gasteiger partial charge >= 0.3 is 5.51 Å². The highest BCUT2D eigenvalue weighted by atomic mass is 32.2. The number of halogens is 3. The summed E-state index contributed by atoms with van der Waals surface area (Å²) in [4.78, 5) is 23.3. The molecular weight excluding hydrogens is 507 g/mol. The highest BCUT2D eigenvalue weighted by molar-refractivity contribution is 8.00. The van der Waals surface area contributed by atoms with Gasteiger partial charge in [0, 0.05) is 36.0 Å². The molecule has 1 amide bonds. The number of anilines is 3. The molecule has 8 nitrogen and oxygen atoms in total. The highest BCUT2D eigenvalue weighted by Gasteiger charge is 2.29. The smallest absolute Gasteiger partial charge is 0.446 e. The van der Waals surface area contributed by atoms with E-state index in [1.807, 2.05) is 18.7 Å². The maximum absolute atomic E-state index is 12.6. The van der Waals surface area contributed by atoms with Crippen LogP contribution in [0.1, 0.15) is 24.3 Å². The number of carbonyl (C=O) groups excluding carboxylic acids is 1. The molecule has 0 saturated heterocycles. The van der Waals surface area contributed by atoms with Gasteiger partial charge in [0.05, 0.1) is 24.7 Å². The number of carbonyl (C=O) groups is 1. The second-order valence-electron chi connectivity index (χ2n) is 8.44. The number of thioether (sulfide) groups is 1. The molecule has 1 aromatic heterocycles. The zero-order valence-electron chi connectivity index (χ0n) is 20.5. The van der Waals surface area contributed by atoms with Crippen LogP contribution in [0.25, 0.3) is 0 Å². The van der Waals surface area contributed by atoms with Crippen molar-refractivity contribution >= 4 is 34.7 Å². The Kier molecular flexibility index (Phi) is 9.48. The summed E-state index contributed by atoms with van der Waals surface area (Å²) >= 11 is -0.163. The molecule has 3 rings (SSSR count). The Morgan fingerprint density at radius 2 is 1.89 bits per heavy atom. The summed E-state index contributed by atoms with van der Waals surface area (Å²) < 4.78 is 43.7. The van der Waals surface area contributed by atoms with E-state index in [0.29, 0.717) is 41.8 Å². The molecule has 198 valence electrons. The zero-order chi connectivity index (χ0) is 27.0. The molecular formula is C25H28F3N5O3S. The van der Waals surface area contributed by atoms with Crippen molar-refractivity contribution < 1.29 is 27.5 Å². The molecule has 0 spiro atoms. The number of hydrogen-bond donors (Lipinski definition) is 3. The average molecular weight is 536 g/mol. The molecule has 2 aromatic carbocycles. The number of benzene rings is 2. The van der Waals surface area contributed by atoms with Crippen LogP contribution < -0.4 is 26.2 Å². The summed E-state index contributed by atoms with van der Waals surface area (Å²) in [5.74, 6) is 0.619. The van der Waals surface area contributed by atoms with Crippen LogP contribution in [-0.4, -0.2) is 36.7 Å². The molecule has 12 heteroatoms. The molecule has 0 fully saturated rings. The molecule has 37 heavy (non-hydrogen) atoms. The Hall–Kier alpha value is -3.64. The second kappa shape index (κ2) is 12.5. The normalized spacial score (nSPS) is 11.3. The van der Waals surface area contributed by atoms with E-state index in [-0.39, 0.29) is 28.3 Å². The van der Waals surface area contributed by atoms with Crippen molar-refractivity contribution in [3.8, 4) is 11.5 Å². The van der Waals surface area contributed by atoms with Gasteiger partial charge in [-0.3, -0.25) is 14.6 Å². The number of nitrogens with one attached hydrogen (secondary N) is 2. The van der Waals surface area contributed by atoms with E-state index in [2.05, 4.69) is 15.8 Å². The number of rotatable bonds is 11. The van der Waals surface area contributed by atoms with E-state index >= 15 is 0 Å². The third-order valence-electron chi connectivity index (χ3n) is 4.78. The standard InChI is InChI=1S/C25H28F3N5O3S/c1-16(2)14-35-32-24(34)22-13-19(9-10-30-22)36-18-7-8-23(21(29)12-18)33(3)15-31-17-5-4-6-20(11-17)37-25(26,27)28/h4-13,16,31H,14-15,29H2,1-3H3,(H,32,34). The lowest BCUT2D eigenvalue weighted by molar-refractivity contribution is -0.0328. The maximum Gasteiger partial charge on any atom is 0.446 e. The van der Waals surface area contributed by atoms with Gasteiger partial charge in [-0.1, -0.05) is 19.9 Å². The Balaban J connectivity index is 1.60. The SMILES string of the molecule is CC(C)CONC(=O)c1cc(Oc2ccc(N(C)CNc3cccc(SC(F)(F)F)c3)c(N)c2)ccn1. The molecule has 0 atom stereocenters. The van der Waals surface area contributed by atoms with Crippen LogP contribution in [0.5, 0.6) is 11.5 Å². The van der Waals surface area contributed by atoms with Gasteiger partial charge in [-0.05, 0) is 54.1 Å². The molecule has 0 aliphatic heterocycles. The Bertz CT molecular complexity index is 1210. The van der Waals surface area contributed by atoms with Gasteiger partial charge < -0.3 is 20.7 Å². The molecule has 4 N–H and O–H groups in total. The van der Waals surface area contributed by atoms with Crippen LogP contribution in [0.4, 0.5) is 30.2 Å². The van der Waals surface area contributed by atoms with Gasteiger partial charge in [0.25, 0.3) is 5.91 Å². The van der Waals surface area contributed by atoms with E-state index in [0.717, 1.165) is 0 Å². The minimum Gasteiger partial charge on any atom is -0.457 e. The first kappa shape index (κ1) is 27.9. The molecule has 1 heterocycles. The summed E-state index contributed by atoms with van der Waals surface area (Å²) in [5.41, 5.74) is 6.03. The maximum atomic E-state index is 12.6. The van der Waals surface area contributed by atoms with E-state index in [1.165, 1.54) is 24.4 Å². The van der Waals surface area contributed by atoms with Crippen LogP contribution >= 0.6 is 11.8 Å². The molecule has 0 aliphatic rings. The van der Waals surface area contributed by atoms with Crippen LogP contribution in [0.15, 0.2) is 65.7 Å². The zero-order valence-corrected chi connectivity index (χ0v) is 21.3. The number of nitrogen functional groups attached to an aromatic ring is 1. The van der Waals surface area contributed by atoms with Gasteiger partial charge in [-0.15, -0.1) is 0 Å². The Labute approximate surface area is 217 Å². The summed E-state index contributed by atoms with van der Waals surface area (Å²) in [5, 5.41) is 3.09. The fraction of sp³-hybridized carbons (Fsp3) is 0.280. The van der Waals surface area contributed by atoms with Gasteiger partial charge in [0.15, 0.2) is 0 Å². The Morgan fingerprint density at radius 1 is 1.14 bits per heavy atom. The fourth-order valence-electron chi connectivity index (χ4n) is 3.10. The van der Waals surface area contributed by atoms with Gasteiger partial charge in [-0.2, -0.15) is 13.2 Å². The van der Waals surface area contributed by atoms with Crippen LogP contribution in [0.2, 0.25) is 0 Å². The van der Waals surface area contributed by atoms with Crippen LogP contribution in [-0.2, 0) is 4.84 Å². The lowest BCUT2D eigenvalue weighted by Gasteiger charge is -2.23. The number of amides is 1. The predicted molar refractivity (Wildman–Crippen MR) is 139 cm³/mol. The third kappa shape index (κ3) is 9.07. The molecule has 0 radical (unpaired) electrons. The highest BCUT2D eigenvalue weighted by Crippen LogP contribution is 2.37. The summed E-state index contributed by atoms with van der Waals surface area (Å²) in [6.07, 6.45) is 1.45. The van der Waals surface area contributed by atoms with Crippen molar-refractivity contribution in [1.82, 2.24) is 10.5 Å². The summed E-state index contributed by atoms with van der Waals surface area (Å²) in [6, 6.07) is 14.3. The minimum absolute atomic E-state index is 0.0982. The van der Waals surface area contributed by atoms with Crippen molar-refractivity contribution in [3.05, 3.63) is 66.5 Å². The van der Waals surface area contributed by atoms with Crippen molar-refractivity contribution in [2.45, 2.75) is 24.3 Å².